The second-order valence-corrected chi connectivity index (χ2v) is 5.37. The molecule has 1 N–H and O–H groups in total. The van der Waals surface area contributed by atoms with Crippen molar-refractivity contribution in [3.8, 4) is 11.5 Å². The van der Waals surface area contributed by atoms with Gasteiger partial charge in [-0.25, -0.2) is 0 Å². The van der Waals surface area contributed by atoms with Crippen LogP contribution in [0.2, 0.25) is 0 Å². The van der Waals surface area contributed by atoms with Crippen molar-refractivity contribution in [2.45, 2.75) is 32.6 Å². The van der Waals surface area contributed by atoms with Crippen LogP contribution >= 0.6 is 0 Å². The summed E-state index contributed by atoms with van der Waals surface area (Å²) in [5.41, 5.74) is 2.15. The minimum Gasteiger partial charge on any atom is -0.508 e. The normalized spacial score (nSPS) is 10.6. The number of aryl methyl sites for hydroxylation is 1. The summed E-state index contributed by atoms with van der Waals surface area (Å²) in [6.07, 6.45) is 0.916. The van der Waals surface area contributed by atoms with E-state index in [0.29, 0.717) is 24.5 Å². The minimum atomic E-state index is -0.246. The van der Waals surface area contributed by atoms with Gasteiger partial charge in [0.25, 0.3) is 0 Å². The highest BCUT2D eigenvalue weighted by atomic mass is 16.5. The average molecular weight is 284 g/mol. The summed E-state index contributed by atoms with van der Waals surface area (Å²) in [6.45, 7) is 4.21. The molecule has 0 atom stereocenters. The molecule has 2 rings (SSSR count). The van der Waals surface area contributed by atoms with E-state index in [4.69, 9.17) is 4.74 Å². The quantitative estimate of drug-likeness (QED) is 0.665. The summed E-state index contributed by atoms with van der Waals surface area (Å²) < 4.78 is 5.36. The fourth-order valence-corrected chi connectivity index (χ4v) is 2.03. The van der Waals surface area contributed by atoms with E-state index in [9.17, 15) is 9.90 Å². The van der Waals surface area contributed by atoms with Crippen LogP contribution in [0.4, 0.5) is 0 Å². The van der Waals surface area contributed by atoms with Crippen molar-refractivity contribution < 1.29 is 14.6 Å². The second-order valence-electron chi connectivity index (χ2n) is 5.37. The monoisotopic (exact) mass is 284 g/mol. The number of esters is 1. The van der Waals surface area contributed by atoms with Crippen molar-refractivity contribution in [2.75, 3.05) is 0 Å². The Morgan fingerprint density at radius 1 is 1.14 bits per heavy atom. The van der Waals surface area contributed by atoms with Gasteiger partial charge in [-0.15, -0.1) is 0 Å². The summed E-state index contributed by atoms with van der Waals surface area (Å²) in [6, 6.07) is 14.5. The molecule has 3 heteroatoms. The van der Waals surface area contributed by atoms with Crippen molar-refractivity contribution >= 4 is 5.97 Å². The topological polar surface area (TPSA) is 46.5 Å². The third-order valence-corrected chi connectivity index (χ3v) is 3.31. The van der Waals surface area contributed by atoms with Crippen molar-refractivity contribution in [1.82, 2.24) is 0 Å². The number of benzene rings is 2. The Balaban J connectivity index is 1.89. The largest absolute Gasteiger partial charge is 0.508 e. The summed E-state index contributed by atoms with van der Waals surface area (Å²) in [5.74, 6) is 0.980. The lowest BCUT2D eigenvalue weighted by Gasteiger charge is -2.08. The number of phenols is 1. The van der Waals surface area contributed by atoms with Gasteiger partial charge in [-0.05, 0) is 47.7 Å². The zero-order chi connectivity index (χ0) is 15.2. The lowest BCUT2D eigenvalue weighted by molar-refractivity contribution is -0.134. The number of hydrogen-bond donors (Lipinski definition) is 1. The second kappa shape index (κ2) is 6.93. The molecule has 0 aliphatic rings. The first kappa shape index (κ1) is 15.1. The molecule has 2 aromatic carbocycles. The highest BCUT2D eigenvalue weighted by Crippen LogP contribution is 2.20. The molecular weight excluding hydrogens is 264 g/mol. The maximum absolute atomic E-state index is 11.9. The molecule has 0 aromatic heterocycles. The van der Waals surface area contributed by atoms with Crippen molar-refractivity contribution in [2.24, 2.45) is 0 Å². The van der Waals surface area contributed by atoms with Crippen LogP contribution < -0.4 is 4.74 Å². The van der Waals surface area contributed by atoms with E-state index in [2.05, 4.69) is 13.8 Å². The molecular formula is C18H20O3. The summed E-state index contributed by atoms with van der Waals surface area (Å²) >= 11 is 0. The van der Waals surface area contributed by atoms with E-state index in [1.165, 1.54) is 0 Å². The van der Waals surface area contributed by atoms with Crippen molar-refractivity contribution in [3.05, 3.63) is 59.7 Å². The molecule has 0 bridgehead atoms. The summed E-state index contributed by atoms with van der Waals surface area (Å²) in [7, 11) is 0. The van der Waals surface area contributed by atoms with Crippen LogP contribution in [0.3, 0.4) is 0 Å². The molecule has 21 heavy (non-hydrogen) atoms. The van der Waals surface area contributed by atoms with Crippen LogP contribution in [0.15, 0.2) is 48.5 Å². The molecule has 0 unspecified atom stereocenters. The molecule has 110 valence electrons. The number of carbonyl (C=O) groups excluding carboxylic acids is 1. The Morgan fingerprint density at radius 2 is 1.86 bits per heavy atom. The number of phenolic OH excluding ortho intramolecular Hbond substituents is 1. The fraction of sp³-hybridized carbons (Fsp3) is 0.278. The Hall–Kier alpha value is -2.29. The Bertz CT molecular complexity index is 600. The first-order chi connectivity index (χ1) is 10.0. The fourth-order valence-electron chi connectivity index (χ4n) is 2.03. The van der Waals surface area contributed by atoms with E-state index >= 15 is 0 Å². The van der Waals surface area contributed by atoms with Gasteiger partial charge in [0.15, 0.2) is 0 Å². The van der Waals surface area contributed by atoms with Crippen LogP contribution in [0.5, 0.6) is 11.5 Å². The Morgan fingerprint density at radius 3 is 2.52 bits per heavy atom. The summed E-state index contributed by atoms with van der Waals surface area (Å²) in [5, 5.41) is 9.21. The lowest BCUT2D eigenvalue weighted by Crippen LogP contribution is -2.09. The van der Waals surface area contributed by atoms with Crippen molar-refractivity contribution in [3.63, 3.8) is 0 Å². The number of rotatable bonds is 5. The van der Waals surface area contributed by atoms with Crippen LogP contribution in [0, 0.1) is 0 Å². The van der Waals surface area contributed by atoms with E-state index in [1.807, 2.05) is 30.3 Å². The van der Waals surface area contributed by atoms with Gasteiger partial charge in [0, 0.05) is 6.42 Å². The molecule has 2 aromatic rings. The number of hydrogen-bond acceptors (Lipinski definition) is 3. The molecule has 0 amide bonds. The van der Waals surface area contributed by atoms with Crippen LogP contribution in [-0.4, -0.2) is 11.1 Å². The highest BCUT2D eigenvalue weighted by molar-refractivity contribution is 5.72. The third kappa shape index (κ3) is 4.63. The molecule has 0 saturated carbocycles. The molecule has 0 radical (unpaired) electrons. The molecule has 0 saturated heterocycles. The Kier molecular flexibility index (Phi) is 4.99. The van der Waals surface area contributed by atoms with Crippen molar-refractivity contribution in [1.29, 1.82) is 0 Å². The third-order valence-electron chi connectivity index (χ3n) is 3.31. The average Bonchev–Trinajstić information content (AvgIpc) is 2.47. The Labute approximate surface area is 125 Å². The summed E-state index contributed by atoms with van der Waals surface area (Å²) in [4.78, 5) is 11.9. The van der Waals surface area contributed by atoms with E-state index in [1.54, 1.807) is 18.2 Å². The zero-order valence-electron chi connectivity index (χ0n) is 12.4. The van der Waals surface area contributed by atoms with Crippen LogP contribution in [0.1, 0.15) is 37.3 Å². The molecule has 0 spiro atoms. The SMILES string of the molecule is CC(C)c1cccc(OC(=O)CCc2ccc(O)cc2)c1. The smallest absolute Gasteiger partial charge is 0.311 e. The minimum absolute atomic E-state index is 0.229. The maximum Gasteiger partial charge on any atom is 0.311 e. The van der Waals surface area contributed by atoms with Gasteiger partial charge in [-0.1, -0.05) is 38.1 Å². The van der Waals surface area contributed by atoms with Crippen LogP contribution in [-0.2, 0) is 11.2 Å². The first-order valence-corrected chi connectivity index (χ1v) is 7.13. The van der Waals surface area contributed by atoms with Gasteiger partial charge in [0.2, 0.25) is 0 Å². The number of carbonyl (C=O) groups is 1. The van der Waals surface area contributed by atoms with Gasteiger partial charge < -0.3 is 9.84 Å². The molecule has 0 fully saturated rings. The highest BCUT2D eigenvalue weighted by Gasteiger charge is 2.07. The number of ether oxygens (including phenoxy) is 1. The van der Waals surface area contributed by atoms with E-state index in [0.717, 1.165) is 11.1 Å². The van der Waals surface area contributed by atoms with Gasteiger partial charge in [-0.2, -0.15) is 0 Å². The van der Waals surface area contributed by atoms with Gasteiger partial charge >= 0.3 is 5.97 Å². The van der Waals surface area contributed by atoms with E-state index in [-0.39, 0.29) is 11.7 Å². The first-order valence-electron chi connectivity index (χ1n) is 7.13. The van der Waals surface area contributed by atoms with Gasteiger partial charge in [0.1, 0.15) is 11.5 Å². The molecule has 3 nitrogen and oxygen atoms in total. The lowest BCUT2D eigenvalue weighted by atomic mass is 10.0. The maximum atomic E-state index is 11.9. The van der Waals surface area contributed by atoms with E-state index < -0.39 is 0 Å². The molecule has 0 aliphatic carbocycles. The standard InChI is InChI=1S/C18H20O3/c1-13(2)15-4-3-5-17(12-15)21-18(20)11-8-14-6-9-16(19)10-7-14/h3-7,9-10,12-13,19H,8,11H2,1-2H3. The van der Waals surface area contributed by atoms with Crippen LogP contribution in [0.25, 0.3) is 0 Å². The number of aromatic hydroxyl groups is 1. The van der Waals surface area contributed by atoms with Gasteiger partial charge in [-0.3, -0.25) is 4.79 Å². The zero-order valence-corrected chi connectivity index (χ0v) is 12.4. The predicted molar refractivity (Wildman–Crippen MR) is 82.6 cm³/mol. The molecule has 0 aliphatic heterocycles. The molecule has 0 heterocycles. The van der Waals surface area contributed by atoms with Gasteiger partial charge in [0.05, 0.1) is 0 Å². The predicted octanol–water partition coefficient (Wildman–Crippen LogP) is 4.05.